The highest BCUT2D eigenvalue weighted by Crippen LogP contribution is 2.29. The minimum absolute atomic E-state index is 0.322. The van der Waals surface area contributed by atoms with E-state index >= 15 is 0 Å². The number of ether oxygens (including phenoxy) is 1. The van der Waals surface area contributed by atoms with Gasteiger partial charge in [0.15, 0.2) is 0 Å². The SMILES string of the molecule is Cc1cc(CN2CCN(C(=O)OC(C)(C)C)C2)cc(C(F)(F)F)n1. The van der Waals surface area contributed by atoms with Crippen LogP contribution < -0.4 is 0 Å². The van der Waals surface area contributed by atoms with Crippen molar-refractivity contribution in [2.75, 3.05) is 19.8 Å². The normalized spacial score (nSPS) is 16.5. The Hall–Kier alpha value is -1.83. The average Bonchev–Trinajstić information content (AvgIpc) is 2.83. The first-order valence-corrected chi connectivity index (χ1v) is 7.69. The number of aromatic nitrogens is 1. The van der Waals surface area contributed by atoms with Gasteiger partial charge in [0, 0.05) is 25.3 Å². The minimum Gasteiger partial charge on any atom is -0.444 e. The van der Waals surface area contributed by atoms with Gasteiger partial charge in [0.05, 0.1) is 6.67 Å². The fourth-order valence-corrected chi connectivity index (χ4v) is 2.48. The van der Waals surface area contributed by atoms with Crippen LogP contribution in [0.5, 0.6) is 0 Å². The smallest absolute Gasteiger partial charge is 0.433 e. The lowest BCUT2D eigenvalue weighted by Gasteiger charge is -2.24. The quantitative estimate of drug-likeness (QED) is 0.824. The largest absolute Gasteiger partial charge is 0.444 e. The number of carbonyl (C=O) groups is 1. The van der Waals surface area contributed by atoms with Crippen LogP contribution in [-0.2, 0) is 17.5 Å². The molecule has 1 saturated heterocycles. The molecule has 134 valence electrons. The van der Waals surface area contributed by atoms with Gasteiger partial charge >= 0.3 is 12.3 Å². The second kappa shape index (κ2) is 6.58. The van der Waals surface area contributed by atoms with E-state index in [1.807, 2.05) is 4.90 Å². The summed E-state index contributed by atoms with van der Waals surface area (Å²) >= 11 is 0. The zero-order chi connectivity index (χ0) is 18.1. The Kier molecular flexibility index (Phi) is 5.08. The molecule has 0 atom stereocenters. The number of pyridine rings is 1. The number of halogens is 3. The number of hydrogen-bond acceptors (Lipinski definition) is 4. The molecule has 0 bridgehead atoms. The predicted octanol–water partition coefficient (Wildman–Crippen LogP) is 3.42. The van der Waals surface area contributed by atoms with Crippen molar-refractivity contribution < 1.29 is 22.7 Å². The summed E-state index contributed by atoms with van der Waals surface area (Å²) in [6, 6.07) is 2.69. The minimum atomic E-state index is -4.46. The number of nitrogens with zero attached hydrogens (tertiary/aromatic N) is 3. The van der Waals surface area contributed by atoms with Crippen molar-refractivity contribution in [1.82, 2.24) is 14.8 Å². The molecule has 2 rings (SSSR count). The molecular weight excluding hydrogens is 323 g/mol. The molecular formula is C16H22F3N3O2. The highest BCUT2D eigenvalue weighted by Gasteiger charge is 2.33. The molecule has 2 heterocycles. The molecule has 0 N–H and O–H groups in total. The van der Waals surface area contributed by atoms with Crippen molar-refractivity contribution in [3.8, 4) is 0 Å². The second-order valence-electron chi connectivity index (χ2n) is 6.94. The summed E-state index contributed by atoms with van der Waals surface area (Å²) in [6.45, 7) is 8.64. The molecule has 0 aromatic carbocycles. The molecule has 1 amide bonds. The Morgan fingerprint density at radius 2 is 1.92 bits per heavy atom. The van der Waals surface area contributed by atoms with E-state index in [1.54, 1.807) is 31.7 Å². The van der Waals surface area contributed by atoms with Crippen LogP contribution in [-0.4, -0.2) is 46.2 Å². The molecule has 1 aliphatic rings. The standard InChI is InChI=1S/C16H22F3N3O2/c1-11-7-12(8-13(20-11)16(17,18)19)9-21-5-6-22(10-21)14(23)24-15(2,3)4/h7-8H,5-6,9-10H2,1-4H3. The van der Waals surface area contributed by atoms with Crippen LogP contribution in [0.4, 0.5) is 18.0 Å². The topological polar surface area (TPSA) is 45.7 Å². The van der Waals surface area contributed by atoms with Crippen LogP contribution in [0.3, 0.4) is 0 Å². The second-order valence-corrected chi connectivity index (χ2v) is 6.94. The van der Waals surface area contributed by atoms with Gasteiger partial charge in [-0.05, 0) is 45.4 Å². The summed E-state index contributed by atoms with van der Waals surface area (Å²) in [7, 11) is 0. The van der Waals surface area contributed by atoms with E-state index in [0.717, 1.165) is 6.07 Å². The van der Waals surface area contributed by atoms with E-state index in [4.69, 9.17) is 4.74 Å². The molecule has 1 aromatic heterocycles. The van der Waals surface area contributed by atoms with Crippen molar-refractivity contribution >= 4 is 6.09 Å². The third-order valence-corrected chi connectivity index (χ3v) is 3.42. The summed E-state index contributed by atoms with van der Waals surface area (Å²) in [6.07, 6.45) is -4.87. The third-order valence-electron chi connectivity index (χ3n) is 3.42. The van der Waals surface area contributed by atoms with Crippen molar-refractivity contribution in [2.24, 2.45) is 0 Å². The number of alkyl halides is 3. The first kappa shape index (κ1) is 18.5. The Morgan fingerprint density at radius 1 is 1.25 bits per heavy atom. The highest BCUT2D eigenvalue weighted by atomic mass is 19.4. The van der Waals surface area contributed by atoms with Crippen LogP contribution in [0.1, 0.15) is 37.7 Å². The average molecular weight is 345 g/mol. The first-order chi connectivity index (χ1) is 10.9. The van der Waals surface area contributed by atoms with Gasteiger partial charge in [0.2, 0.25) is 0 Å². The maximum absolute atomic E-state index is 12.8. The van der Waals surface area contributed by atoms with Crippen molar-refractivity contribution in [3.63, 3.8) is 0 Å². The van der Waals surface area contributed by atoms with E-state index in [-0.39, 0.29) is 0 Å². The molecule has 0 saturated carbocycles. The van der Waals surface area contributed by atoms with Gasteiger partial charge in [0.25, 0.3) is 0 Å². The molecule has 8 heteroatoms. The van der Waals surface area contributed by atoms with Gasteiger partial charge in [0.1, 0.15) is 11.3 Å². The summed E-state index contributed by atoms with van der Waals surface area (Å²) < 4.78 is 43.8. The number of hydrogen-bond donors (Lipinski definition) is 0. The summed E-state index contributed by atoms with van der Waals surface area (Å²) in [5.41, 5.74) is -0.613. The Balaban J connectivity index is 2.01. The zero-order valence-electron chi connectivity index (χ0n) is 14.3. The van der Waals surface area contributed by atoms with E-state index in [0.29, 0.717) is 37.6 Å². The van der Waals surface area contributed by atoms with Crippen LogP contribution in [0.25, 0.3) is 0 Å². The number of rotatable bonds is 2. The molecule has 0 spiro atoms. The third kappa shape index (κ3) is 5.09. The number of aryl methyl sites for hydroxylation is 1. The van der Waals surface area contributed by atoms with Crippen LogP contribution in [0.2, 0.25) is 0 Å². The van der Waals surface area contributed by atoms with Crippen LogP contribution >= 0.6 is 0 Å². The van der Waals surface area contributed by atoms with E-state index < -0.39 is 23.6 Å². The van der Waals surface area contributed by atoms with Gasteiger partial charge in [-0.15, -0.1) is 0 Å². The van der Waals surface area contributed by atoms with Crippen LogP contribution in [0, 0.1) is 6.92 Å². The van der Waals surface area contributed by atoms with Gasteiger partial charge in [-0.2, -0.15) is 13.2 Å². The van der Waals surface area contributed by atoms with Gasteiger partial charge in [-0.25, -0.2) is 9.78 Å². The van der Waals surface area contributed by atoms with E-state index in [2.05, 4.69) is 4.98 Å². The molecule has 0 aliphatic carbocycles. The maximum Gasteiger partial charge on any atom is 0.433 e. The van der Waals surface area contributed by atoms with Crippen molar-refractivity contribution in [1.29, 1.82) is 0 Å². The lowest BCUT2D eigenvalue weighted by molar-refractivity contribution is -0.141. The fraction of sp³-hybridized carbons (Fsp3) is 0.625. The van der Waals surface area contributed by atoms with Gasteiger partial charge in [-0.3, -0.25) is 9.80 Å². The fourth-order valence-electron chi connectivity index (χ4n) is 2.48. The zero-order valence-corrected chi connectivity index (χ0v) is 14.3. The molecule has 1 fully saturated rings. The van der Waals surface area contributed by atoms with Crippen molar-refractivity contribution in [2.45, 2.75) is 46.0 Å². The van der Waals surface area contributed by atoms with Crippen LogP contribution in [0.15, 0.2) is 12.1 Å². The Labute approximate surface area is 139 Å². The van der Waals surface area contributed by atoms with Gasteiger partial charge < -0.3 is 4.74 Å². The molecule has 1 aromatic rings. The summed E-state index contributed by atoms with van der Waals surface area (Å²) in [5.74, 6) is 0. The molecule has 24 heavy (non-hydrogen) atoms. The van der Waals surface area contributed by atoms with E-state index in [9.17, 15) is 18.0 Å². The molecule has 5 nitrogen and oxygen atoms in total. The van der Waals surface area contributed by atoms with E-state index in [1.165, 1.54) is 6.92 Å². The summed E-state index contributed by atoms with van der Waals surface area (Å²) in [5, 5.41) is 0. The monoisotopic (exact) mass is 345 g/mol. The Bertz CT molecular complexity index is 612. The van der Waals surface area contributed by atoms with Crippen molar-refractivity contribution in [3.05, 3.63) is 29.1 Å². The lowest BCUT2D eigenvalue weighted by Crippen LogP contribution is -2.36. The summed E-state index contributed by atoms with van der Waals surface area (Å²) in [4.78, 5) is 19.0. The molecule has 0 unspecified atom stereocenters. The maximum atomic E-state index is 12.8. The van der Waals surface area contributed by atoms with Gasteiger partial charge in [-0.1, -0.05) is 0 Å². The first-order valence-electron chi connectivity index (χ1n) is 7.69. The number of carbonyl (C=O) groups excluding carboxylic acids is 1. The number of amides is 1. The highest BCUT2D eigenvalue weighted by molar-refractivity contribution is 5.68. The Morgan fingerprint density at radius 3 is 2.50 bits per heavy atom. The molecule has 1 aliphatic heterocycles. The lowest BCUT2D eigenvalue weighted by atomic mass is 10.2. The predicted molar refractivity (Wildman–Crippen MR) is 82.2 cm³/mol. The molecule has 0 radical (unpaired) electrons.